The Hall–Kier alpha value is -0.310. The fourth-order valence-electron chi connectivity index (χ4n) is 2.03. The van der Waals surface area contributed by atoms with Crippen molar-refractivity contribution in [2.24, 2.45) is 17.8 Å². The molecular formula is C12H22N2S. The van der Waals surface area contributed by atoms with E-state index in [9.17, 15) is 0 Å². The molecule has 0 amide bonds. The van der Waals surface area contributed by atoms with Crippen LogP contribution in [0.4, 0.5) is 0 Å². The van der Waals surface area contributed by atoms with Gasteiger partial charge in [0.15, 0.2) is 5.11 Å². The van der Waals surface area contributed by atoms with Crippen LogP contribution in [0.5, 0.6) is 0 Å². The summed E-state index contributed by atoms with van der Waals surface area (Å²) in [6.07, 6.45) is 5.61. The van der Waals surface area contributed by atoms with E-state index in [4.69, 9.17) is 12.2 Å². The molecule has 0 radical (unpaired) electrons. The number of nitrogens with one attached hydrogen (secondary N) is 2. The molecule has 2 aliphatic carbocycles. The van der Waals surface area contributed by atoms with Crippen LogP contribution in [0.2, 0.25) is 0 Å². The maximum atomic E-state index is 5.32. The normalized spacial score (nSPS) is 20.8. The van der Waals surface area contributed by atoms with Gasteiger partial charge in [0.2, 0.25) is 0 Å². The van der Waals surface area contributed by atoms with Gasteiger partial charge in [0.25, 0.3) is 0 Å². The zero-order valence-corrected chi connectivity index (χ0v) is 10.6. The summed E-state index contributed by atoms with van der Waals surface area (Å²) in [7, 11) is 0. The quantitative estimate of drug-likeness (QED) is 0.703. The molecule has 0 spiro atoms. The second kappa shape index (κ2) is 4.69. The Morgan fingerprint density at radius 2 is 1.73 bits per heavy atom. The van der Waals surface area contributed by atoms with Crippen LogP contribution < -0.4 is 10.6 Å². The molecule has 0 aromatic heterocycles. The number of rotatable bonds is 5. The second-order valence-electron chi connectivity index (χ2n) is 5.45. The molecule has 0 unspecified atom stereocenters. The third kappa shape index (κ3) is 3.63. The van der Waals surface area contributed by atoms with E-state index in [-0.39, 0.29) is 0 Å². The van der Waals surface area contributed by atoms with Gasteiger partial charge in [-0.05, 0) is 55.7 Å². The zero-order chi connectivity index (χ0) is 10.8. The lowest BCUT2D eigenvalue weighted by molar-refractivity contribution is 0.476. The number of thiocarbonyl (C=S) groups is 1. The Kier molecular flexibility index (Phi) is 3.49. The molecule has 15 heavy (non-hydrogen) atoms. The summed E-state index contributed by atoms with van der Waals surface area (Å²) in [5.41, 5.74) is 0. The van der Waals surface area contributed by atoms with Crippen LogP contribution in [-0.2, 0) is 0 Å². The Labute approximate surface area is 98.2 Å². The summed E-state index contributed by atoms with van der Waals surface area (Å²) >= 11 is 5.32. The zero-order valence-electron chi connectivity index (χ0n) is 9.75. The van der Waals surface area contributed by atoms with Gasteiger partial charge in [0.1, 0.15) is 0 Å². The lowest BCUT2D eigenvalue weighted by Gasteiger charge is -2.20. The second-order valence-corrected chi connectivity index (χ2v) is 5.86. The van der Waals surface area contributed by atoms with Gasteiger partial charge < -0.3 is 10.6 Å². The third-order valence-corrected chi connectivity index (χ3v) is 3.49. The van der Waals surface area contributed by atoms with Crippen LogP contribution >= 0.6 is 12.2 Å². The van der Waals surface area contributed by atoms with E-state index in [0.717, 1.165) is 23.5 Å². The predicted octanol–water partition coefficient (Wildman–Crippen LogP) is 2.30. The molecule has 2 saturated carbocycles. The van der Waals surface area contributed by atoms with Crippen LogP contribution in [0, 0.1) is 17.8 Å². The molecule has 86 valence electrons. The van der Waals surface area contributed by atoms with Gasteiger partial charge in [-0.15, -0.1) is 0 Å². The Morgan fingerprint density at radius 1 is 1.20 bits per heavy atom. The molecule has 0 aromatic rings. The predicted molar refractivity (Wildman–Crippen MR) is 67.8 cm³/mol. The van der Waals surface area contributed by atoms with Crippen molar-refractivity contribution in [1.29, 1.82) is 0 Å². The first-order valence-electron chi connectivity index (χ1n) is 6.21. The van der Waals surface area contributed by atoms with Crippen molar-refractivity contribution < 1.29 is 0 Å². The summed E-state index contributed by atoms with van der Waals surface area (Å²) < 4.78 is 0. The lowest BCUT2D eigenvalue weighted by atomic mass is 10.1. The van der Waals surface area contributed by atoms with Crippen molar-refractivity contribution in [2.75, 3.05) is 6.54 Å². The molecular weight excluding hydrogens is 204 g/mol. The van der Waals surface area contributed by atoms with E-state index < -0.39 is 0 Å². The fourth-order valence-corrected chi connectivity index (χ4v) is 2.25. The molecule has 0 heterocycles. The minimum atomic E-state index is 0.657. The molecule has 0 aliphatic heterocycles. The summed E-state index contributed by atoms with van der Waals surface area (Å²) in [5, 5.41) is 7.68. The van der Waals surface area contributed by atoms with Gasteiger partial charge in [0, 0.05) is 12.6 Å². The largest absolute Gasteiger partial charge is 0.362 e. The van der Waals surface area contributed by atoms with E-state index in [1.165, 1.54) is 25.7 Å². The van der Waals surface area contributed by atoms with Gasteiger partial charge >= 0.3 is 0 Å². The highest BCUT2D eigenvalue weighted by Gasteiger charge is 2.41. The Morgan fingerprint density at radius 3 is 2.13 bits per heavy atom. The molecule has 2 nitrogen and oxygen atoms in total. The van der Waals surface area contributed by atoms with Crippen LogP contribution in [0.15, 0.2) is 0 Å². The van der Waals surface area contributed by atoms with E-state index in [2.05, 4.69) is 24.5 Å². The van der Waals surface area contributed by atoms with Crippen molar-refractivity contribution in [3.8, 4) is 0 Å². The molecule has 2 fully saturated rings. The molecule has 3 heteroatoms. The van der Waals surface area contributed by atoms with Crippen molar-refractivity contribution in [3.63, 3.8) is 0 Å². The summed E-state index contributed by atoms with van der Waals surface area (Å²) in [4.78, 5) is 0. The summed E-state index contributed by atoms with van der Waals surface area (Å²) in [6, 6.07) is 0.678. The first-order valence-corrected chi connectivity index (χ1v) is 6.62. The molecule has 0 atom stereocenters. The minimum Gasteiger partial charge on any atom is -0.362 e. The van der Waals surface area contributed by atoms with Gasteiger partial charge in [0.05, 0.1) is 0 Å². The lowest BCUT2D eigenvalue weighted by Crippen LogP contribution is -2.45. The van der Waals surface area contributed by atoms with E-state index >= 15 is 0 Å². The van der Waals surface area contributed by atoms with Crippen LogP contribution in [0.3, 0.4) is 0 Å². The van der Waals surface area contributed by atoms with Crippen LogP contribution in [-0.4, -0.2) is 17.7 Å². The van der Waals surface area contributed by atoms with Crippen LogP contribution in [0.1, 0.15) is 39.5 Å². The first kappa shape index (κ1) is 11.2. The highest BCUT2D eigenvalue weighted by molar-refractivity contribution is 7.80. The van der Waals surface area contributed by atoms with Gasteiger partial charge in [-0.3, -0.25) is 0 Å². The fraction of sp³-hybridized carbons (Fsp3) is 0.917. The summed E-state index contributed by atoms with van der Waals surface area (Å²) in [5.74, 6) is 2.48. The van der Waals surface area contributed by atoms with Gasteiger partial charge in [-0.1, -0.05) is 13.8 Å². The highest BCUT2D eigenvalue weighted by Crippen LogP contribution is 2.44. The monoisotopic (exact) mass is 226 g/mol. The Bertz CT molecular complexity index is 220. The standard InChI is InChI=1S/C12H22N2S/c1-8(2)7-13-12(15)14-11(9-3-4-9)10-5-6-10/h8-11H,3-7H2,1-2H3,(H2,13,14,15). The molecule has 2 aliphatic rings. The molecule has 0 aromatic carbocycles. The number of hydrogen-bond donors (Lipinski definition) is 2. The number of hydrogen-bond acceptors (Lipinski definition) is 1. The summed E-state index contributed by atoms with van der Waals surface area (Å²) in [6.45, 7) is 5.39. The Balaban J connectivity index is 1.71. The maximum absolute atomic E-state index is 5.32. The maximum Gasteiger partial charge on any atom is 0.166 e. The average molecular weight is 226 g/mol. The van der Waals surface area contributed by atoms with E-state index in [1.54, 1.807) is 0 Å². The van der Waals surface area contributed by atoms with Crippen molar-refractivity contribution in [1.82, 2.24) is 10.6 Å². The van der Waals surface area contributed by atoms with E-state index in [0.29, 0.717) is 12.0 Å². The molecule has 2 rings (SSSR count). The van der Waals surface area contributed by atoms with Crippen molar-refractivity contribution >= 4 is 17.3 Å². The smallest absolute Gasteiger partial charge is 0.166 e. The van der Waals surface area contributed by atoms with Gasteiger partial charge in [-0.2, -0.15) is 0 Å². The topological polar surface area (TPSA) is 24.1 Å². The minimum absolute atomic E-state index is 0.657. The van der Waals surface area contributed by atoms with Crippen LogP contribution in [0.25, 0.3) is 0 Å². The molecule has 0 saturated heterocycles. The molecule has 2 N–H and O–H groups in total. The van der Waals surface area contributed by atoms with Crippen molar-refractivity contribution in [3.05, 3.63) is 0 Å². The van der Waals surface area contributed by atoms with Gasteiger partial charge in [-0.25, -0.2) is 0 Å². The SMILES string of the molecule is CC(C)CNC(=S)NC(C1CC1)C1CC1. The van der Waals surface area contributed by atoms with Crippen molar-refractivity contribution in [2.45, 2.75) is 45.6 Å². The molecule has 0 bridgehead atoms. The highest BCUT2D eigenvalue weighted by atomic mass is 32.1. The third-order valence-electron chi connectivity index (χ3n) is 3.23. The first-order chi connectivity index (χ1) is 7.16. The average Bonchev–Trinajstić information content (AvgIpc) is 3.02. The van der Waals surface area contributed by atoms with E-state index in [1.807, 2.05) is 0 Å².